The van der Waals surface area contributed by atoms with Crippen LogP contribution in [0.1, 0.15) is 18.9 Å². The van der Waals surface area contributed by atoms with Gasteiger partial charge in [0.2, 0.25) is 17.7 Å². The van der Waals surface area contributed by atoms with E-state index in [-0.39, 0.29) is 18.9 Å². The van der Waals surface area contributed by atoms with Crippen molar-refractivity contribution < 1.29 is 23.9 Å². The van der Waals surface area contributed by atoms with Gasteiger partial charge in [0.1, 0.15) is 6.42 Å². The van der Waals surface area contributed by atoms with E-state index in [9.17, 15) is 14.4 Å². The van der Waals surface area contributed by atoms with Gasteiger partial charge in [0.05, 0.1) is 14.2 Å². The summed E-state index contributed by atoms with van der Waals surface area (Å²) in [6.07, 6.45) is -0.305. The first kappa shape index (κ1) is 20.8. The highest BCUT2D eigenvalue weighted by Crippen LogP contribution is 2.27. The first-order valence-corrected chi connectivity index (χ1v) is 8.56. The SMILES string of the molecule is COc1ccc(CNC(=O)CC(=O)Nc2ccc(NC(C)=O)cc2)cc1OC. The molecule has 0 spiro atoms. The lowest BCUT2D eigenvalue weighted by Crippen LogP contribution is -2.27. The van der Waals surface area contributed by atoms with Crippen molar-refractivity contribution in [3.8, 4) is 11.5 Å². The molecule has 0 aromatic heterocycles. The van der Waals surface area contributed by atoms with Crippen LogP contribution in [0, 0.1) is 0 Å². The molecule has 3 N–H and O–H groups in total. The van der Waals surface area contributed by atoms with Crippen molar-refractivity contribution in [1.29, 1.82) is 0 Å². The lowest BCUT2D eigenvalue weighted by Gasteiger charge is -2.10. The number of hydrogen-bond donors (Lipinski definition) is 3. The molecule has 0 aliphatic heterocycles. The number of hydrogen-bond acceptors (Lipinski definition) is 5. The molecular weight excluding hydrogens is 362 g/mol. The van der Waals surface area contributed by atoms with Crippen LogP contribution in [0.5, 0.6) is 11.5 Å². The van der Waals surface area contributed by atoms with E-state index in [1.54, 1.807) is 49.6 Å². The van der Waals surface area contributed by atoms with Gasteiger partial charge in [0, 0.05) is 24.8 Å². The Hall–Kier alpha value is -3.55. The Balaban J connectivity index is 1.82. The first-order chi connectivity index (χ1) is 13.4. The predicted octanol–water partition coefficient (Wildman–Crippen LogP) is 2.31. The molecular formula is C20H23N3O5. The summed E-state index contributed by atoms with van der Waals surface area (Å²) in [6.45, 7) is 1.67. The molecule has 2 aromatic rings. The van der Waals surface area contributed by atoms with E-state index in [1.165, 1.54) is 14.0 Å². The molecule has 28 heavy (non-hydrogen) atoms. The maximum atomic E-state index is 12.0. The predicted molar refractivity (Wildman–Crippen MR) is 105 cm³/mol. The van der Waals surface area contributed by atoms with Crippen LogP contribution < -0.4 is 25.4 Å². The van der Waals surface area contributed by atoms with Crippen molar-refractivity contribution in [1.82, 2.24) is 5.32 Å². The first-order valence-electron chi connectivity index (χ1n) is 8.56. The molecule has 2 rings (SSSR count). The van der Waals surface area contributed by atoms with E-state index in [2.05, 4.69) is 16.0 Å². The monoisotopic (exact) mass is 385 g/mol. The molecule has 8 nitrogen and oxygen atoms in total. The molecule has 0 saturated carbocycles. The third kappa shape index (κ3) is 6.31. The average molecular weight is 385 g/mol. The Morgan fingerprint density at radius 3 is 2.00 bits per heavy atom. The average Bonchev–Trinajstić information content (AvgIpc) is 2.67. The van der Waals surface area contributed by atoms with E-state index in [4.69, 9.17) is 9.47 Å². The van der Waals surface area contributed by atoms with Crippen molar-refractivity contribution in [3.05, 3.63) is 48.0 Å². The van der Waals surface area contributed by atoms with Crippen LogP contribution in [0.4, 0.5) is 11.4 Å². The number of rotatable bonds is 8. The highest BCUT2D eigenvalue weighted by Gasteiger charge is 2.11. The van der Waals surface area contributed by atoms with E-state index in [0.29, 0.717) is 22.9 Å². The van der Waals surface area contributed by atoms with Crippen molar-refractivity contribution >= 4 is 29.1 Å². The molecule has 0 unspecified atom stereocenters. The third-order valence-electron chi connectivity index (χ3n) is 3.75. The van der Waals surface area contributed by atoms with Crippen LogP contribution in [0.2, 0.25) is 0 Å². The van der Waals surface area contributed by atoms with Crippen LogP contribution in [-0.4, -0.2) is 31.9 Å². The maximum absolute atomic E-state index is 12.0. The van der Waals surface area contributed by atoms with Crippen molar-refractivity contribution in [2.24, 2.45) is 0 Å². The zero-order chi connectivity index (χ0) is 20.5. The normalized spacial score (nSPS) is 9.96. The zero-order valence-corrected chi connectivity index (χ0v) is 16.0. The topological polar surface area (TPSA) is 106 Å². The van der Waals surface area contributed by atoms with Gasteiger partial charge in [-0.2, -0.15) is 0 Å². The second-order valence-corrected chi connectivity index (χ2v) is 5.95. The largest absolute Gasteiger partial charge is 0.493 e. The van der Waals surface area contributed by atoms with Gasteiger partial charge in [-0.15, -0.1) is 0 Å². The summed E-state index contributed by atoms with van der Waals surface area (Å²) in [6, 6.07) is 11.9. The minimum absolute atomic E-state index is 0.178. The number of benzene rings is 2. The Labute approximate surface area is 163 Å². The number of ether oxygens (including phenoxy) is 2. The van der Waals surface area contributed by atoms with E-state index in [0.717, 1.165) is 5.56 Å². The van der Waals surface area contributed by atoms with Crippen molar-refractivity contribution in [3.63, 3.8) is 0 Å². The number of anilines is 2. The van der Waals surface area contributed by atoms with Gasteiger partial charge in [-0.1, -0.05) is 6.07 Å². The van der Waals surface area contributed by atoms with Crippen LogP contribution in [0.25, 0.3) is 0 Å². The van der Waals surface area contributed by atoms with Crippen molar-refractivity contribution in [2.75, 3.05) is 24.9 Å². The summed E-state index contributed by atoms with van der Waals surface area (Å²) in [4.78, 5) is 35.0. The minimum atomic E-state index is -0.433. The van der Waals surface area contributed by atoms with Gasteiger partial charge >= 0.3 is 0 Å². The summed E-state index contributed by atoms with van der Waals surface area (Å²) in [5.41, 5.74) is 1.98. The second-order valence-electron chi connectivity index (χ2n) is 5.95. The Morgan fingerprint density at radius 2 is 1.43 bits per heavy atom. The molecule has 8 heteroatoms. The fraction of sp³-hybridized carbons (Fsp3) is 0.250. The van der Waals surface area contributed by atoms with Crippen molar-refractivity contribution in [2.45, 2.75) is 19.9 Å². The van der Waals surface area contributed by atoms with E-state index in [1.807, 2.05) is 0 Å². The Bertz CT molecular complexity index is 849. The molecule has 0 saturated heterocycles. The van der Waals surface area contributed by atoms with Crippen LogP contribution in [0.3, 0.4) is 0 Å². The molecule has 0 heterocycles. The number of methoxy groups -OCH3 is 2. The molecule has 3 amide bonds. The highest BCUT2D eigenvalue weighted by atomic mass is 16.5. The molecule has 0 fully saturated rings. The molecule has 0 atom stereocenters. The van der Waals surface area contributed by atoms with Gasteiger partial charge in [-0.3, -0.25) is 14.4 Å². The molecule has 0 aliphatic rings. The summed E-state index contributed by atoms with van der Waals surface area (Å²) < 4.78 is 10.4. The van der Waals surface area contributed by atoms with Gasteiger partial charge < -0.3 is 25.4 Å². The van der Waals surface area contributed by atoms with Crippen LogP contribution in [-0.2, 0) is 20.9 Å². The van der Waals surface area contributed by atoms with E-state index >= 15 is 0 Å². The van der Waals surface area contributed by atoms with Gasteiger partial charge in [-0.25, -0.2) is 0 Å². The fourth-order valence-corrected chi connectivity index (χ4v) is 2.44. The smallest absolute Gasteiger partial charge is 0.233 e. The summed E-state index contributed by atoms with van der Waals surface area (Å²) in [7, 11) is 3.08. The van der Waals surface area contributed by atoms with Crippen LogP contribution in [0.15, 0.2) is 42.5 Å². The second kappa shape index (κ2) is 9.96. The lowest BCUT2D eigenvalue weighted by molar-refractivity contribution is -0.127. The molecule has 0 aliphatic carbocycles. The lowest BCUT2D eigenvalue weighted by atomic mass is 10.2. The van der Waals surface area contributed by atoms with Gasteiger partial charge in [0.25, 0.3) is 0 Å². The minimum Gasteiger partial charge on any atom is -0.493 e. The van der Waals surface area contributed by atoms with Crippen LogP contribution >= 0.6 is 0 Å². The number of nitrogens with one attached hydrogen (secondary N) is 3. The van der Waals surface area contributed by atoms with E-state index < -0.39 is 11.8 Å². The molecule has 0 radical (unpaired) electrons. The third-order valence-corrected chi connectivity index (χ3v) is 3.75. The molecule has 0 bridgehead atoms. The zero-order valence-electron chi connectivity index (χ0n) is 16.0. The quantitative estimate of drug-likeness (QED) is 0.605. The Morgan fingerprint density at radius 1 is 0.821 bits per heavy atom. The molecule has 148 valence electrons. The highest BCUT2D eigenvalue weighted by molar-refractivity contribution is 6.03. The number of carbonyl (C=O) groups excluding carboxylic acids is 3. The summed E-state index contributed by atoms with van der Waals surface area (Å²) in [5, 5.41) is 7.96. The summed E-state index contributed by atoms with van der Waals surface area (Å²) >= 11 is 0. The standard InChI is InChI=1S/C20H23N3O5/c1-13(24)22-15-5-7-16(8-6-15)23-20(26)11-19(25)21-12-14-4-9-17(27-2)18(10-14)28-3/h4-10H,11-12H2,1-3H3,(H,21,25)(H,22,24)(H,23,26). The number of carbonyl (C=O) groups is 3. The van der Waals surface area contributed by atoms with Gasteiger partial charge in [0.15, 0.2) is 11.5 Å². The van der Waals surface area contributed by atoms with Gasteiger partial charge in [-0.05, 0) is 42.0 Å². The number of amides is 3. The fourth-order valence-electron chi connectivity index (χ4n) is 2.44. The maximum Gasteiger partial charge on any atom is 0.233 e. The molecule has 2 aromatic carbocycles. The Kier molecular flexibility index (Phi) is 7.38. The summed E-state index contributed by atoms with van der Waals surface area (Å²) in [5.74, 6) is 0.151.